The number of aryl methyl sites for hydroxylation is 1. The standard InChI is InChI=1S/C17H30N4/c1-12(2)17-19-14(5)9-16(20-17)21(13(3)4)11-15-7-6-8-18-10-15/h9,12-13,15,18H,6-8,10-11H2,1-5H3. The molecule has 1 aliphatic heterocycles. The van der Waals surface area contributed by atoms with Crippen LogP contribution in [0.15, 0.2) is 6.07 Å². The van der Waals surface area contributed by atoms with Crippen molar-refractivity contribution >= 4 is 5.82 Å². The molecule has 0 amide bonds. The summed E-state index contributed by atoms with van der Waals surface area (Å²) in [4.78, 5) is 11.8. The third-order valence-electron chi connectivity index (χ3n) is 4.15. The molecule has 1 fully saturated rings. The van der Waals surface area contributed by atoms with Crippen LogP contribution in [-0.4, -0.2) is 35.6 Å². The Balaban J connectivity index is 2.20. The summed E-state index contributed by atoms with van der Waals surface area (Å²) in [5, 5.41) is 3.51. The van der Waals surface area contributed by atoms with Gasteiger partial charge in [0.05, 0.1) is 0 Å². The van der Waals surface area contributed by atoms with Crippen molar-refractivity contribution in [1.82, 2.24) is 15.3 Å². The topological polar surface area (TPSA) is 41.0 Å². The SMILES string of the molecule is Cc1cc(N(CC2CCCNC2)C(C)C)nc(C(C)C)n1. The molecule has 2 heterocycles. The molecule has 1 N–H and O–H groups in total. The van der Waals surface area contributed by atoms with E-state index in [1.165, 1.54) is 19.4 Å². The fourth-order valence-corrected chi connectivity index (χ4v) is 2.91. The van der Waals surface area contributed by atoms with Crippen molar-refractivity contribution in [3.63, 3.8) is 0 Å². The van der Waals surface area contributed by atoms with E-state index < -0.39 is 0 Å². The molecule has 1 unspecified atom stereocenters. The molecule has 118 valence electrons. The van der Waals surface area contributed by atoms with E-state index in [1.807, 2.05) is 0 Å². The lowest BCUT2D eigenvalue weighted by atomic mass is 9.98. The van der Waals surface area contributed by atoms with E-state index in [0.717, 1.165) is 36.3 Å². The van der Waals surface area contributed by atoms with E-state index in [-0.39, 0.29) is 0 Å². The molecule has 21 heavy (non-hydrogen) atoms. The number of nitrogens with one attached hydrogen (secondary N) is 1. The van der Waals surface area contributed by atoms with Gasteiger partial charge in [0.15, 0.2) is 0 Å². The third kappa shape index (κ3) is 4.40. The molecule has 0 aromatic carbocycles. The summed E-state index contributed by atoms with van der Waals surface area (Å²) in [5.41, 5.74) is 1.07. The summed E-state index contributed by atoms with van der Waals surface area (Å²) >= 11 is 0. The van der Waals surface area contributed by atoms with Gasteiger partial charge in [-0.25, -0.2) is 9.97 Å². The van der Waals surface area contributed by atoms with Crippen LogP contribution in [0.2, 0.25) is 0 Å². The van der Waals surface area contributed by atoms with E-state index >= 15 is 0 Å². The van der Waals surface area contributed by atoms with E-state index in [1.54, 1.807) is 0 Å². The van der Waals surface area contributed by atoms with E-state index in [0.29, 0.717) is 12.0 Å². The Morgan fingerprint density at radius 1 is 1.29 bits per heavy atom. The summed E-state index contributed by atoms with van der Waals surface area (Å²) < 4.78 is 0. The maximum Gasteiger partial charge on any atom is 0.133 e. The van der Waals surface area contributed by atoms with Crippen molar-refractivity contribution in [2.45, 2.75) is 59.4 Å². The largest absolute Gasteiger partial charge is 0.354 e. The molecular weight excluding hydrogens is 260 g/mol. The van der Waals surface area contributed by atoms with Gasteiger partial charge < -0.3 is 10.2 Å². The molecule has 1 saturated heterocycles. The number of nitrogens with zero attached hydrogens (tertiary/aromatic N) is 3. The molecular formula is C17H30N4. The van der Waals surface area contributed by atoms with Crippen molar-refractivity contribution in [3.8, 4) is 0 Å². The van der Waals surface area contributed by atoms with Crippen LogP contribution in [-0.2, 0) is 0 Å². The third-order valence-corrected chi connectivity index (χ3v) is 4.15. The van der Waals surface area contributed by atoms with Crippen molar-refractivity contribution in [2.24, 2.45) is 5.92 Å². The fraction of sp³-hybridized carbons (Fsp3) is 0.765. The van der Waals surface area contributed by atoms with Crippen LogP contribution in [0.1, 0.15) is 58.0 Å². The normalized spacial score (nSPS) is 19.3. The first-order valence-corrected chi connectivity index (χ1v) is 8.30. The fourth-order valence-electron chi connectivity index (χ4n) is 2.91. The Morgan fingerprint density at radius 2 is 2.05 bits per heavy atom. The summed E-state index contributed by atoms with van der Waals surface area (Å²) in [5.74, 6) is 3.14. The van der Waals surface area contributed by atoms with Crippen molar-refractivity contribution in [1.29, 1.82) is 0 Å². The first-order valence-electron chi connectivity index (χ1n) is 8.30. The lowest BCUT2D eigenvalue weighted by Crippen LogP contribution is -2.41. The smallest absolute Gasteiger partial charge is 0.133 e. The molecule has 4 nitrogen and oxygen atoms in total. The van der Waals surface area contributed by atoms with Gasteiger partial charge in [0.2, 0.25) is 0 Å². The highest BCUT2D eigenvalue weighted by Gasteiger charge is 2.21. The van der Waals surface area contributed by atoms with Crippen LogP contribution in [0, 0.1) is 12.8 Å². The molecule has 1 aromatic rings. The second kappa shape index (κ2) is 7.21. The lowest BCUT2D eigenvalue weighted by Gasteiger charge is -2.34. The minimum absolute atomic E-state index is 0.369. The summed E-state index contributed by atoms with van der Waals surface area (Å²) in [6.07, 6.45) is 2.61. The van der Waals surface area contributed by atoms with Gasteiger partial charge in [-0.3, -0.25) is 0 Å². The average Bonchev–Trinajstić information content (AvgIpc) is 2.44. The van der Waals surface area contributed by atoms with Crippen LogP contribution < -0.4 is 10.2 Å². The molecule has 0 radical (unpaired) electrons. The molecule has 1 aliphatic rings. The van der Waals surface area contributed by atoms with E-state index in [4.69, 9.17) is 4.98 Å². The highest BCUT2D eigenvalue weighted by molar-refractivity contribution is 5.41. The van der Waals surface area contributed by atoms with Crippen LogP contribution >= 0.6 is 0 Å². The van der Waals surface area contributed by atoms with Gasteiger partial charge in [-0.2, -0.15) is 0 Å². The predicted molar refractivity (Wildman–Crippen MR) is 88.9 cm³/mol. The summed E-state index contributed by atoms with van der Waals surface area (Å²) in [6, 6.07) is 2.59. The zero-order valence-corrected chi connectivity index (χ0v) is 14.2. The van der Waals surface area contributed by atoms with Crippen molar-refractivity contribution < 1.29 is 0 Å². The number of anilines is 1. The number of hydrogen-bond acceptors (Lipinski definition) is 4. The van der Waals surface area contributed by atoms with Crippen LogP contribution in [0.4, 0.5) is 5.82 Å². The Labute approximate surface area is 129 Å². The number of rotatable bonds is 5. The van der Waals surface area contributed by atoms with Gasteiger partial charge in [0.25, 0.3) is 0 Å². The first kappa shape index (κ1) is 16.2. The molecule has 2 rings (SSSR count). The van der Waals surface area contributed by atoms with Crippen molar-refractivity contribution in [2.75, 3.05) is 24.5 Å². The van der Waals surface area contributed by atoms with Crippen molar-refractivity contribution in [3.05, 3.63) is 17.6 Å². The quantitative estimate of drug-likeness (QED) is 0.904. The average molecular weight is 290 g/mol. The van der Waals surface area contributed by atoms with Crippen LogP contribution in [0.25, 0.3) is 0 Å². The zero-order chi connectivity index (χ0) is 15.4. The predicted octanol–water partition coefficient (Wildman–Crippen LogP) is 3.12. The van der Waals surface area contributed by atoms with Crippen LogP contribution in [0.5, 0.6) is 0 Å². The van der Waals surface area contributed by atoms with Gasteiger partial charge in [-0.1, -0.05) is 13.8 Å². The molecule has 0 saturated carbocycles. The first-order chi connectivity index (χ1) is 9.97. The maximum atomic E-state index is 4.81. The molecule has 0 aliphatic carbocycles. The van der Waals surface area contributed by atoms with E-state index in [2.05, 4.69) is 55.9 Å². The second-order valence-corrected chi connectivity index (χ2v) is 6.84. The number of aromatic nitrogens is 2. The Morgan fingerprint density at radius 3 is 2.62 bits per heavy atom. The Bertz CT molecular complexity index is 450. The van der Waals surface area contributed by atoms with Crippen LogP contribution in [0.3, 0.4) is 0 Å². The highest BCUT2D eigenvalue weighted by atomic mass is 15.2. The highest BCUT2D eigenvalue weighted by Crippen LogP contribution is 2.22. The molecule has 0 spiro atoms. The Hall–Kier alpha value is -1.16. The van der Waals surface area contributed by atoms with Gasteiger partial charge in [-0.05, 0) is 52.6 Å². The molecule has 1 aromatic heterocycles. The number of piperidine rings is 1. The van der Waals surface area contributed by atoms with Gasteiger partial charge in [0, 0.05) is 30.3 Å². The summed E-state index contributed by atoms with van der Waals surface area (Å²) in [7, 11) is 0. The molecule has 1 atom stereocenters. The number of hydrogen-bond donors (Lipinski definition) is 1. The minimum Gasteiger partial charge on any atom is -0.354 e. The van der Waals surface area contributed by atoms with Gasteiger partial charge >= 0.3 is 0 Å². The lowest BCUT2D eigenvalue weighted by molar-refractivity contribution is 0.370. The van der Waals surface area contributed by atoms with Gasteiger partial charge in [0.1, 0.15) is 11.6 Å². The summed E-state index contributed by atoms with van der Waals surface area (Å²) in [6.45, 7) is 14.3. The second-order valence-electron chi connectivity index (χ2n) is 6.84. The Kier molecular flexibility index (Phi) is 5.57. The minimum atomic E-state index is 0.369. The zero-order valence-electron chi connectivity index (χ0n) is 14.2. The van der Waals surface area contributed by atoms with E-state index in [9.17, 15) is 0 Å². The van der Waals surface area contributed by atoms with Gasteiger partial charge in [-0.15, -0.1) is 0 Å². The molecule has 0 bridgehead atoms. The molecule has 4 heteroatoms. The monoisotopic (exact) mass is 290 g/mol. The maximum absolute atomic E-state index is 4.81.